The van der Waals surface area contributed by atoms with Gasteiger partial charge in [-0.25, -0.2) is 9.97 Å². The van der Waals surface area contributed by atoms with E-state index >= 15 is 0 Å². The van der Waals surface area contributed by atoms with Crippen LogP contribution >= 0.6 is 0 Å². The van der Waals surface area contributed by atoms with Crippen LogP contribution in [0.2, 0.25) is 0 Å². The minimum atomic E-state index is 0.490. The Morgan fingerprint density at radius 1 is 1.00 bits per heavy atom. The third kappa shape index (κ3) is 2.76. The van der Waals surface area contributed by atoms with Gasteiger partial charge in [-0.3, -0.25) is 4.90 Å². The Morgan fingerprint density at radius 2 is 1.60 bits per heavy atom. The van der Waals surface area contributed by atoms with Crippen LogP contribution in [0.4, 0.5) is 5.82 Å². The quantitative estimate of drug-likeness (QED) is 0.914. The van der Waals surface area contributed by atoms with Gasteiger partial charge in [0.1, 0.15) is 11.6 Å². The normalized spacial score (nSPS) is 37.7. The molecule has 5 fully saturated rings. The molecule has 1 aromatic rings. The van der Waals surface area contributed by atoms with Crippen LogP contribution in [-0.4, -0.2) is 46.6 Å². The molecule has 136 valence electrons. The molecule has 2 heterocycles. The molecule has 0 amide bonds. The van der Waals surface area contributed by atoms with E-state index in [4.69, 9.17) is 5.73 Å². The zero-order valence-corrected chi connectivity index (χ0v) is 15.5. The van der Waals surface area contributed by atoms with Gasteiger partial charge in [-0.2, -0.15) is 0 Å². The van der Waals surface area contributed by atoms with Crippen molar-refractivity contribution in [2.75, 3.05) is 31.1 Å². The highest BCUT2D eigenvalue weighted by Crippen LogP contribution is 2.57. The van der Waals surface area contributed by atoms with E-state index in [-0.39, 0.29) is 0 Å². The van der Waals surface area contributed by atoms with Crippen LogP contribution in [0.25, 0.3) is 0 Å². The van der Waals surface area contributed by atoms with Crippen LogP contribution in [0.5, 0.6) is 0 Å². The van der Waals surface area contributed by atoms with Crippen molar-refractivity contribution in [1.82, 2.24) is 14.9 Å². The monoisotopic (exact) mass is 341 g/mol. The number of hydrogen-bond acceptors (Lipinski definition) is 5. The van der Waals surface area contributed by atoms with E-state index in [2.05, 4.69) is 25.8 Å². The Balaban J connectivity index is 1.30. The van der Waals surface area contributed by atoms with Crippen LogP contribution in [0.15, 0.2) is 6.07 Å². The van der Waals surface area contributed by atoms with Gasteiger partial charge in [0, 0.05) is 44.3 Å². The van der Waals surface area contributed by atoms with E-state index in [0.717, 1.165) is 48.2 Å². The van der Waals surface area contributed by atoms with Crippen molar-refractivity contribution >= 4 is 5.82 Å². The summed E-state index contributed by atoms with van der Waals surface area (Å²) in [6.45, 7) is 7.00. The van der Waals surface area contributed by atoms with E-state index < -0.39 is 0 Å². The Morgan fingerprint density at radius 3 is 2.16 bits per heavy atom. The van der Waals surface area contributed by atoms with Gasteiger partial charge in [0.25, 0.3) is 0 Å². The number of hydrogen-bond donors (Lipinski definition) is 1. The van der Waals surface area contributed by atoms with Crippen LogP contribution in [-0.2, 0) is 6.54 Å². The molecule has 6 rings (SSSR count). The van der Waals surface area contributed by atoms with Gasteiger partial charge >= 0.3 is 0 Å². The number of aryl methyl sites for hydroxylation is 1. The molecule has 5 nitrogen and oxygen atoms in total. The van der Waals surface area contributed by atoms with E-state index in [1.165, 1.54) is 51.6 Å². The summed E-state index contributed by atoms with van der Waals surface area (Å²) in [5, 5.41) is 0. The average molecular weight is 342 g/mol. The number of aromatic nitrogens is 2. The van der Waals surface area contributed by atoms with E-state index in [9.17, 15) is 0 Å². The molecule has 5 heteroatoms. The van der Waals surface area contributed by atoms with E-state index in [1.54, 1.807) is 0 Å². The molecule has 0 radical (unpaired) electrons. The van der Waals surface area contributed by atoms with Crippen molar-refractivity contribution in [3.63, 3.8) is 0 Å². The number of nitrogens with two attached hydrogens (primary N) is 1. The summed E-state index contributed by atoms with van der Waals surface area (Å²) >= 11 is 0. The first-order chi connectivity index (χ1) is 12.1. The van der Waals surface area contributed by atoms with Crippen molar-refractivity contribution in [3.8, 4) is 0 Å². The molecule has 5 aliphatic rings. The molecular formula is C20H31N5. The molecule has 4 aliphatic carbocycles. The lowest BCUT2D eigenvalue weighted by atomic mass is 9.52. The molecule has 4 bridgehead atoms. The summed E-state index contributed by atoms with van der Waals surface area (Å²) in [4.78, 5) is 14.4. The molecule has 2 N–H and O–H groups in total. The van der Waals surface area contributed by atoms with Crippen molar-refractivity contribution in [3.05, 3.63) is 17.6 Å². The van der Waals surface area contributed by atoms with Crippen LogP contribution in [0.1, 0.15) is 50.0 Å². The Labute approximate surface area is 151 Å². The molecule has 1 aromatic heterocycles. The van der Waals surface area contributed by atoms with Gasteiger partial charge in [-0.15, -0.1) is 0 Å². The zero-order valence-electron chi connectivity index (χ0n) is 15.5. The Kier molecular flexibility index (Phi) is 3.79. The fraction of sp³-hybridized carbons (Fsp3) is 0.800. The topological polar surface area (TPSA) is 58.3 Å². The predicted molar refractivity (Wildman–Crippen MR) is 99.3 cm³/mol. The van der Waals surface area contributed by atoms with Crippen molar-refractivity contribution in [1.29, 1.82) is 0 Å². The summed E-state index contributed by atoms with van der Waals surface area (Å²) in [5.41, 5.74) is 7.29. The first-order valence-corrected chi connectivity index (χ1v) is 10.2. The van der Waals surface area contributed by atoms with Gasteiger partial charge in [0.05, 0.1) is 5.69 Å². The molecule has 0 aromatic carbocycles. The Bertz CT molecular complexity index is 614. The standard InChI is InChI=1S/C20H31N5/c1-14-22-18(13-21)9-19(23-14)24-2-4-25(5-3-24)20-10-15-6-16(11-20)8-17(7-15)12-20/h9,15-17H,2-8,10-13,21H2,1H3. The summed E-state index contributed by atoms with van der Waals surface area (Å²) in [6, 6.07) is 2.08. The number of piperazine rings is 1. The molecule has 25 heavy (non-hydrogen) atoms. The minimum absolute atomic E-state index is 0.490. The number of nitrogens with zero attached hydrogens (tertiary/aromatic N) is 4. The SMILES string of the molecule is Cc1nc(CN)cc(N2CCN(C34CC5CC(CC(C5)C3)C4)CC2)n1. The van der Waals surface area contributed by atoms with Crippen molar-refractivity contribution < 1.29 is 0 Å². The second-order valence-corrected chi connectivity index (χ2v) is 9.08. The zero-order chi connectivity index (χ0) is 17.0. The molecule has 1 aliphatic heterocycles. The maximum absolute atomic E-state index is 5.79. The second-order valence-electron chi connectivity index (χ2n) is 9.08. The summed E-state index contributed by atoms with van der Waals surface area (Å²) in [7, 11) is 0. The molecule has 4 saturated carbocycles. The van der Waals surface area contributed by atoms with Crippen LogP contribution in [0.3, 0.4) is 0 Å². The molecule has 0 unspecified atom stereocenters. The average Bonchev–Trinajstić information content (AvgIpc) is 2.60. The Hall–Kier alpha value is -1.20. The lowest BCUT2D eigenvalue weighted by molar-refractivity contribution is -0.0901. The lowest BCUT2D eigenvalue weighted by Gasteiger charge is -2.61. The first kappa shape index (κ1) is 16.0. The number of anilines is 1. The largest absolute Gasteiger partial charge is 0.354 e. The third-order valence-corrected chi connectivity index (χ3v) is 7.37. The maximum Gasteiger partial charge on any atom is 0.132 e. The highest BCUT2D eigenvalue weighted by molar-refractivity contribution is 5.40. The van der Waals surface area contributed by atoms with Crippen molar-refractivity contribution in [2.24, 2.45) is 23.5 Å². The number of rotatable bonds is 3. The fourth-order valence-electron chi connectivity index (χ4n) is 6.74. The fourth-order valence-corrected chi connectivity index (χ4v) is 6.74. The molecule has 0 spiro atoms. The van der Waals surface area contributed by atoms with Gasteiger partial charge in [0.2, 0.25) is 0 Å². The molecular weight excluding hydrogens is 310 g/mol. The summed E-state index contributed by atoms with van der Waals surface area (Å²) in [6.07, 6.45) is 9.01. The summed E-state index contributed by atoms with van der Waals surface area (Å²) < 4.78 is 0. The second kappa shape index (κ2) is 5.92. The van der Waals surface area contributed by atoms with Crippen molar-refractivity contribution in [2.45, 2.75) is 57.5 Å². The molecule has 0 atom stereocenters. The highest BCUT2D eigenvalue weighted by Gasteiger charge is 2.53. The summed E-state index contributed by atoms with van der Waals surface area (Å²) in [5.74, 6) is 4.99. The lowest BCUT2D eigenvalue weighted by Crippen LogP contribution is -2.64. The van der Waals surface area contributed by atoms with Crippen LogP contribution in [0, 0.1) is 24.7 Å². The van der Waals surface area contributed by atoms with Crippen LogP contribution < -0.4 is 10.6 Å². The predicted octanol–water partition coefficient (Wildman–Crippen LogP) is 2.33. The van der Waals surface area contributed by atoms with Gasteiger partial charge in [-0.1, -0.05) is 0 Å². The minimum Gasteiger partial charge on any atom is -0.354 e. The van der Waals surface area contributed by atoms with Gasteiger partial charge in [0.15, 0.2) is 0 Å². The van der Waals surface area contributed by atoms with E-state index in [1.807, 2.05) is 6.92 Å². The molecule has 1 saturated heterocycles. The maximum atomic E-state index is 5.79. The smallest absolute Gasteiger partial charge is 0.132 e. The highest BCUT2D eigenvalue weighted by atomic mass is 15.3. The first-order valence-electron chi connectivity index (χ1n) is 10.2. The van der Waals surface area contributed by atoms with E-state index in [0.29, 0.717) is 12.1 Å². The third-order valence-electron chi connectivity index (χ3n) is 7.37. The van der Waals surface area contributed by atoms with Gasteiger partial charge in [-0.05, 0) is 63.2 Å². The van der Waals surface area contributed by atoms with Gasteiger partial charge < -0.3 is 10.6 Å².